The third-order valence-corrected chi connectivity index (χ3v) is 4.23. The van der Waals surface area contributed by atoms with Crippen molar-refractivity contribution in [2.24, 2.45) is 0 Å². The quantitative estimate of drug-likeness (QED) is 0.838. The maximum atomic E-state index is 4.57. The van der Waals surface area contributed by atoms with Crippen LogP contribution in [0.4, 0.5) is 11.1 Å². The molecule has 6 heteroatoms. The number of rotatable bonds is 2. The topological polar surface area (TPSA) is 45.2 Å². The number of anilines is 2. The Morgan fingerprint density at radius 3 is 2.53 bits per heavy atom. The lowest BCUT2D eigenvalue weighted by Gasteiger charge is -2.21. The fourth-order valence-electron chi connectivity index (χ4n) is 2.25. The number of aromatic nitrogens is 3. The van der Waals surface area contributed by atoms with Gasteiger partial charge in [-0.05, 0) is 19.4 Å². The lowest BCUT2D eigenvalue weighted by molar-refractivity contribution is 0.782. The van der Waals surface area contributed by atoms with Crippen molar-refractivity contribution >= 4 is 22.4 Å². The van der Waals surface area contributed by atoms with Gasteiger partial charge in [0.2, 0.25) is 5.95 Å². The first-order chi connectivity index (χ1) is 9.33. The molecular formula is C13H17N5S. The van der Waals surface area contributed by atoms with Gasteiger partial charge in [-0.15, -0.1) is 11.3 Å². The molecule has 2 aromatic rings. The second kappa shape index (κ2) is 5.52. The zero-order valence-corrected chi connectivity index (χ0v) is 11.8. The molecule has 0 spiro atoms. The van der Waals surface area contributed by atoms with E-state index in [2.05, 4.69) is 30.1 Å². The summed E-state index contributed by atoms with van der Waals surface area (Å²) in [6.45, 7) is 6.02. The molecule has 0 unspecified atom stereocenters. The Hall–Kier alpha value is -1.69. The molecule has 0 atom stereocenters. The van der Waals surface area contributed by atoms with Crippen molar-refractivity contribution < 1.29 is 0 Å². The van der Waals surface area contributed by atoms with Crippen LogP contribution in [-0.4, -0.2) is 41.1 Å². The summed E-state index contributed by atoms with van der Waals surface area (Å²) in [5.41, 5.74) is 1.10. The fourth-order valence-corrected chi connectivity index (χ4v) is 3.11. The number of thiazole rings is 1. The molecule has 19 heavy (non-hydrogen) atoms. The van der Waals surface area contributed by atoms with Crippen LogP contribution in [0, 0.1) is 6.92 Å². The normalized spacial score (nSPS) is 16.5. The maximum Gasteiger partial charge on any atom is 0.225 e. The molecule has 1 saturated heterocycles. The van der Waals surface area contributed by atoms with E-state index in [9.17, 15) is 0 Å². The summed E-state index contributed by atoms with van der Waals surface area (Å²) in [5.74, 6) is 0.833. The van der Waals surface area contributed by atoms with Crippen LogP contribution < -0.4 is 9.80 Å². The Morgan fingerprint density at radius 2 is 1.79 bits per heavy atom. The minimum absolute atomic E-state index is 0.833. The number of hydrogen-bond acceptors (Lipinski definition) is 6. The molecule has 5 nitrogen and oxygen atoms in total. The van der Waals surface area contributed by atoms with Crippen molar-refractivity contribution in [2.75, 3.05) is 36.0 Å². The molecule has 2 aromatic heterocycles. The highest BCUT2D eigenvalue weighted by atomic mass is 32.1. The zero-order chi connectivity index (χ0) is 13.1. The van der Waals surface area contributed by atoms with Gasteiger partial charge in [-0.25, -0.2) is 15.0 Å². The molecule has 0 radical (unpaired) electrons. The lowest BCUT2D eigenvalue weighted by Crippen LogP contribution is -2.31. The van der Waals surface area contributed by atoms with Crippen molar-refractivity contribution in [2.45, 2.75) is 13.3 Å². The van der Waals surface area contributed by atoms with Crippen LogP contribution in [0.5, 0.6) is 0 Å². The first kappa shape index (κ1) is 12.3. The van der Waals surface area contributed by atoms with Crippen molar-refractivity contribution in [1.82, 2.24) is 15.0 Å². The van der Waals surface area contributed by atoms with E-state index in [0.717, 1.165) is 49.4 Å². The smallest absolute Gasteiger partial charge is 0.225 e. The van der Waals surface area contributed by atoms with E-state index in [-0.39, 0.29) is 0 Å². The van der Waals surface area contributed by atoms with E-state index in [1.165, 1.54) is 0 Å². The van der Waals surface area contributed by atoms with Crippen LogP contribution in [0.25, 0.3) is 0 Å². The average Bonchev–Trinajstić information content (AvgIpc) is 2.74. The molecule has 0 aliphatic carbocycles. The van der Waals surface area contributed by atoms with Crippen LogP contribution in [0.15, 0.2) is 23.8 Å². The Balaban J connectivity index is 1.69. The van der Waals surface area contributed by atoms with Crippen molar-refractivity contribution in [3.05, 3.63) is 29.5 Å². The summed E-state index contributed by atoms with van der Waals surface area (Å²) in [7, 11) is 0. The van der Waals surface area contributed by atoms with E-state index in [0.29, 0.717) is 0 Å². The van der Waals surface area contributed by atoms with Crippen LogP contribution in [0.1, 0.15) is 12.1 Å². The summed E-state index contributed by atoms with van der Waals surface area (Å²) >= 11 is 1.73. The van der Waals surface area contributed by atoms with Gasteiger partial charge < -0.3 is 9.80 Å². The van der Waals surface area contributed by atoms with Crippen molar-refractivity contribution in [3.8, 4) is 0 Å². The summed E-state index contributed by atoms with van der Waals surface area (Å²) in [5, 5.41) is 3.24. The maximum absolute atomic E-state index is 4.57. The van der Waals surface area contributed by atoms with E-state index < -0.39 is 0 Å². The number of nitrogens with zero attached hydrogens (tertiary/aromatic N) is 5. The molecule has 1 aliphatic rings. The van der Waals surface area contributed by atoms with Crippen molar-refractivity contribution in [1.29, 1.82) is 0 Å². The molecule has 0 saturated carbocycles. The second-order valence-electron chi connectivity index (χ2n) is 4.65. The monoisotopic (exact) mass is 275 g/mol. The highest BCUT2D eigenvalue weighted by molar-refractivity contribution is 7.13. The van der Waals surface area contributed by atoms with Gasteiger partial charge >= 0.3 is 0 Å². The molecule has 0 N–H and O–H groups in total. The Bertz CT molecular complexity index is 527. The number of hydrogen-bond donors (Lipinski definition) is 0. The van der Waals surface area contributed by atoms with Crippen LogP contribution in [0.2, 0.25) is 0 Å². The van der Waals surface area contributed by atoms with E-state index >= 15 is 0 Å². The average molecular weight is 275 g/mol. The predicted octanol–water partition coefficient (Wildman–Crippen LogP) is 1.96. The third-order valence-electron chi connectivity index (χ3n) is 3.21. The van der Waals surface area contributed by atoms with Gasteiger partial charge in [0.1, 0.15) is 0 Å². The summed E-state index contributed by atoms with van der Waals surface area (Å²) in [4.78, 5) is 17.8. The first-order valence-corrected chi connectivity index (χ1v) is 7.40. The van der Waals surface area contributed by atoms with E-state index in [1.807, 2.05) is 13.0 Å². The standard InChI is InChI=1S/C13H17N5S/c1-11-10-19-13(16-11)18-7-3-6-17(8-9-18)12-14-4-2-5-15-12/h2,4-5,10H,3,6-9H2,1H3. The zero-order valence-electron chi connectivity index (χ0n) is 11.0. The predicted molar refractivity (Wildman–Crippen MR) is 77.9 cm³/mol. The summed E-state index contributed by atoms with van der Waals surface area (Å²) < 4.78 is 0. The molecule has 0 amide bonds. The third kappa shape index (κ3) is 2.84. The largest absolute Gasteiger partial charge is 0.346 e. The van der Waals surface area contributed by atoms with Crippen molar-refractivity contribution in [3.63, 3.8) is 0 Å². The lowest BCUT2D eigenvalue weighted by atomic mass is 10.4. The molecule has 100 valence electrons. The van der Waals surface area contributed by atoms with Crippen LogP contribution in [-0.2, 0) is 0 Å². The van der Waals surface area contributed by atoms with Gasteiger partial charge in [0.15, 0.2) is 5.13 Å². The highest BCUT2D eigenvalue weighted by Gasteiger charge is 2.18. The van der Waals surface area contributed by atoms with E-state index in [4.69, 9.17) is 0 Å². The van der Waals surface area contributed by atoms with Gasteiger partial charge in [-0.3, -0.25) is 0 Å². The highest BCUT2D eigenvalue weighted by Crippen LogP contribution is 2.22. The molecule has 1 fully saturated rings. The minimum Gasteiger partial charge on any atom is -0.346 e. The Kier molecular flexibility index (Phi) is 3.59. The minimum atomic E-state index is 0.833. The molecule has 1 aliphatic heterocycles. The summed E-state index contributed by atoms with van der Waals surface area (Å²) in [6, 6.07) is 1.85. The van der Waals surface area contributed by atoms with Gasteiger partial charge in [0.05, 0.1) is 5.69 Å². The Morgan fingerprint density at radius 1 is 1.05 bits per heavy atom. The van der Waals surface area contributed by atoms with Gasteiger partial charge in [-0.1, -0.05) is 0 Å². The van der Waals surface area contributed by atoms with Gasteiger partial charge in [-0.2, -0.15) is 0 Å². The molecule has 0 bridgehead atoms. The van der Waals surface area contributed by atoms with E-state index in [1.54, 1.807) is 23.7 Å². The van der Waals surface area contributed by atoms with Gasteiger partial charge in [0, 0.05) is 44.0 Å². The number of aryl methyl sites for hydroxylation is 1. The second-order valence-corrected chi connectivity index (χ2v) is 5.48. The van der Waals surface area contributed by atoms with Crippen LogP contribution >= 0.6 is 11.3 Å². The molecule has 3 heterocycles. The Labute approximate surface area is 116 Å². The molecule has 0 aromatic carbocycles. The molecular weight excluding hydrogens is 258 g/mol. The first-order valence-electron chi connectivity index (χ1n) is 6.52. The van der Waals surface area contributed by atoms with Crippen LogP contribution in [0.3, 0.4) is 0 Å². The van der Waals surface area contributed by atoms with Gasteiger partial charge in [0.25, 0.3) is 0 Å². The molecule has 3 rings (SSSR count). The summed E-state index contributed by atoms with van der Waals surface area (Å²) in [6.07, 6.45) is 4.71. The SMILES string of the molecule is Cc1csc(N2CCCN(c3ncccn3)CC2)n1. The fraction of sp³-hybridized carbons (Fsp3) is 0.462.